The van der Waals surface area contributed by atoms with Gasteiger partial charge in [-0.05, 0) is 30.9 Å². The van der Waals surface area contributed by atoms with Crippen LogP contribution in [0.3, 0.4) is 0 Å². The van der Waals surface area contributed by atoms with E-state index in [-0.39, 0.29) is 11.9 Å². The van der Waals surface area contributed by atoms with Crippen LogP contribution in [0.2, 0.25) is 0 Å². The zero-order valence-corrected chi connectivity index (χ0v) is 9.93. The highest BCUT2D eigenvalue weighted by Gasteiger charge is 2.29. The van der Waals surface area contributed by atoms with Crippen LogP contribution in [0, 0.1) is 11.7 Å². The molecule has 0 saturated heterocycles. The predicted molar refractivity (Wildman–Crippen MR) is 61.5 cm³/mol. The number of nitrogens with two attached hydrogens (primary N) is 1. The van der Waals surface area contributed by atoms with Crippen LogP contribution in [0.4, 0.5) is 4.39 Å². The molecule has 1 unspecified atom stereocenters. The first-order valence-electron chi connectivity index (χ1n) is 5.13. The summed E-state index contributed by atoms with van der Waals surface area (Å²) < 4.78 is 14.4. The fourth-order valence-corrected chi connectivity index (χ4v) is 2.34. The van der Waals surface area contributed by atoms with Crippen LogP contribution < -0.4 is 11.3 Å². The lowest BCUT2D eigenvalue weighted by molar-refractivity contribution is 0.228. The van der Waals surface area contributed by atoms with Gasteiger partial charge in [-0.2, -0.15) is 0 Å². The predicted octanol–water partition coefficient (Wildman–Crippen LogP) is 2.89. The van der Waals surface area contributed by atoms with Gasteiger partial charge in [0.2, 0.25) is 0 Å². The minimum absolute atomic E-state index is 0.0492. The van der Waals surface area contributed by atoms with Crippen molar-refractivity contribution in [3.8, 4) is 0 Å². The molecule has 1 saturated carbocycles. The summed E-state index contributed by atoms with van der Waals surface area (Å²) >= 11 is 3.24. The Kier molecular flexibility index (Phi) is 3.38. The van der Waals surface area contributed by atoms with Gasteiger partial charge in [0.1, 0.15) is 5.82 Å². The SMILES string of the molecule is NNC(c1ccc(Br)cc1F)C1CCC1. The van der Waals surface area contributed by atoms with Crippen molar-refractivity contribution in [3.63, 3.8) is 0 Å². The number of hydrazine groups is 1. The fourth-order valence-electron chi connectivity index (χ4n) is 2.01. The van der Waals surface area contributed by atoms with Crippen LogP contribution in [0.15, 0.2) is 22.7 Å². The third kappa shape index (κ3) is 2.22. The summed E-state index contributed by atoms with van der Waals surface area (Å²) in [4.78, 5) is 0. The zero-order valence-electron chi connectivity index (χ0n) is 8.34. The van der Waals surface area contributed by atoms with Crippen molar-refractivity contribution >= 4 is 15.9 Å². The maximum absolute atomic E-state index is 13.7. The lowest BCUT2D eigenvalue weighted by Gasteiger charge is -2.33. The van der Waals surface area contributed by atoms with Crippen molar-refractivity contribution in [2.45, 2.75) is 25.3 Å². The molecule has 4 heteroatoms. The third-order valence-corrected chi connectivity index (χ3v) is 3.59. The molecule has 0 amide bonds. The molecule has 0 radical (unpaired) electrons. The highest BCUT2D eigenvalue weighted by Crippen LogP contribution is 2.38. The number of rotatable bonds is 3. The summed E-state index contributed by atoms with van der Waals surface area (Å²) in [6, 6.07) is 5.08. The Balaban J connectivity index is 2.25. The average Bonchev–Trinajstić information content (AvgIpc) is 2.12. The van der Waals surface area contributed by atoms with Gasteiger partial charge in [-0.3, -0.25) is 11.3 Å². The highest BCUT2D eigenvalue weighted by molar-refractivity contribution is 9.10. The van der Waals surface area contributed by atoms with Gasteiger partial charge in [-0.15, -0.1) is 0 Å². The van der Waals surface area contributed by atoms with E-state index >= 15 is 0 Å². The second-order valence-electron chi connectivity index (χ2n) is 4.00. The van der Waals surface area contributed by atoms with E-state index in [4.69, 9.17) is 5.84 Å². The first kappa shape index (κ1) is 11.0. The van der Waals surface area contributed by atoms with Crippen LogP contribution >= 0.6 is 15.9 Å². The van der Waals surface area contributed by atoms with Crippen molar-refractivity contribution in [2.24, 2.45) is 11.8 Å². The van der Waals surface area contributed by atoms with Crippen molar-refractivity contribution in [1.29, 1.82) is 0 Å². The van der Waals surface area contributed by atoms with Gasteiger partial charge in [-0.25, -0.2) is 4.39 Å². The topological polar surface area (TPSA) is 38.0 Å². The molecule has 0 heterocycles. The molecule has 1 atom stereocenters. The normalized spacial score (nSPS) is 18.6. The highest BCUT2D eigenvalue weighted by atomic mass is 79.9. The minimum Gasteiger partial charge on any atom is -0.271 e. The molecule has 1 aromatic rings. The Morgan fingerprint density at radius 1 is 1.47 bits per heavy atom. The zero-order chi connectivity index (χ0) is 10.8. The Morgan fingerprint density at radius 2 is 2.20 bits per heavy atom. The molecular weight excluding hydrogens is 259 g/mol. The third-order valence-electron chi connectivity index (χ3n) is 3.10. The molecule has 82 valence electrons. The monoisotopic (exact) mass is 272 g/mol. The second kappa shape index (κ2) is 4.60. The molecule has 2 nitrogen and oxygen atoms in total. The largest absolute Gasteiger partial charge is 0.271 e. The Labute approximate surface area is 97.1 Å². The summed E-state index contributed by atoms with van der Waals surface area (Å²) in [7, 11) is 0. The second-order valence-corrected chi connectivity index (χ2v) is 4.92. The first-order chi connectivity index (χ1) is 7.22. The van der Waals surface area contributed by atoms with E-state index in [0.717, 1.165) is 17.3 Å². The molecule has 0 bridgehead atoms. The van der Waals surface area contributed by atoms with E-state index in [9.17, 15) is 4.39 Å². The molecule has 1 aliphatic carbocycles. The minimum atomic E-state index is -0.195. The summed E-state index contributed by atoms with van der Waals surface area (Å²) in [5.41, 5.74) is 3.40. The van der Waals surface area contributed by atoms with Crippen LogP contribution in [0.25, 0.3) is 0 Å². The number of hydrogen-bond acceptors (Lipinski definition) is 2. The molecule has 0 spiro atoms. The van der Waals surface area contributed by atoms with E-state index in [1.54, 1.807) is 6.07 Å². The van der Waals surface area contributed by atoms with Crippen molar-refractivity contribution < 1.29 is 4.39 Å². The summed E-state index contributed by atoms with van der Waals surface area (Å²) in [5.74, 6) is 5.78. The standard InChI is InChI=1S/C11H14BrFN2/c12-8-4-5-9(10(13)6-8)11(15-14)7-2-1-3-7/h4-7,11,15H,1-3,14H2. The van der Waals surface area contributed by atoms with Gasteiger partial charge in [0, 0.05) is 10.0 Å². The molecule has 1 aromatic carbocycles. The molecule has 1 fully saturated rings. The van der Waals surface area contributed by atoms with E-state index in [2.05, 4.69) is 21.4 Å². The van der Waals surface area contributed by atoms with E-state index in [1.165, 1.54) is 12.5 Å². The van der Waals surface area contributed by atoms with Crippen LogP contribution in [-0.2, 0) is 0 Å². The maximum Gasteiger partial charge on any atom is 0.129 e. The number of nitrogens with one attached hydrogen (secondary N) is 1. The number of benzene rings is 1. The lowest BCUT2D eigenvalue weighted by Crippen LogP contribution is -2.36. The quantitative estimate of drug-likeness (QED) is 0.656. The van der Waals surface area contributed by atoms with Crippen LogP contribution in [0.1, 0.15) is 30.9 Å². The molecular formula is C11H14BrFN2. The molecule has 2 rings (SSSR count). The Bertz CT molecular complexity index is 352. The van der Waals surface area contributed by atoms with Gasteiger partial charge in [-0.1, -0.05) is 28.4 Å². The number of halogens is 2. The Hall–Kier alpha value is -0.450. The van der Waals surface area contributed by atoms with Gasteiger partial charge < -0.3 is 0 Å². The van der Waals surface area contributed by atoms with Crippen LogP contribution in [0.5, 0.6) is 0 Å². The lowest BCUT2D eigenvalue weighted by atomic mass is 9.77. The van der Waals surface area contributed by atoms with Crippen molar-refractivity contribution in [2.75, 3.05) is 0 Å². The average molecular weight is 273 g/mol. The van der Waals surface area contributed by atoms with Gasteiger partial charge in [0.25, 0.3) is 0 Å². The molecule has 0 aliphatic heterocycles. The van der Waals surface area contributed by atoms with Gasteiger partial charge in [0.15, 0.2) is 0 Å². The molecule has 1 aliphatic rings. The van der Waals surface area contributed by atoms with E-state index < -0.39 is 0 Å². The summed E-state index contributed by atoms with van der Waals surface area (Å²) in [6.45, 7) is 0. The van der Waals surface area contributed by atoms with E-state index in [1.807, 2.05) is 6.07 Å². The molecule has 3 N–H and O–H groups in total. The maximum atomic E-state index is 13.7. The summed E-state index contributed by atoms with van der Waals surface area (Å²) in [6.07, 6.45) is 3.48. The van der Waals surface area contributed by atoms with Gasteiger partial charge in [0.05, 0.1) is 6.04 Å². The van der Waals surface area contributed by atoms with E-state index in [0.29, 0.717) is 11.5 Å². The molecule has 0 aromatic heterocycles. The first-order valence-corrected chi connectivity index (χ1v) is 5.92. The van der Waals surface area contributed by atoms with Crippen LogP contribution in [-0.4, -0.2) is 0 Å². The summed E-state index contributed by atoms with van der Waals surface area (Å²) in [5, 5.41) is 0. The molecule has 15 heavy (non-hydrogen) atoms. The van der Waals surface area contributed by atoms with Crippen molar-refractivity contribution in [3.05, 3.63) is 34.1 Å². The smallest absolute Gasteiger partial charge is 0.129 e. The van der Waals surface area contributed by atoms with Crippen molar-refractivity contribution in [1.82, 2.24) is 5.43 Å². The Morgan fingerprint density at radius 3 is 2.67 bits per heavy atom. The van der Waals surface area contributed by atoms with Gasteiger partial charge >= 0.3 is 0 Å². The number of hydrogen-bond donors (Lipinski definition) is 2. The fraction of sp³-hybridized carbons (Fsp3) is 0.455.